The minimum atomic E-state index is -0.286. The topological polar surface area (TPSA) is 70.1 Å². The van der Waals surface area contributed by atoms with E-state index in [9.17, 15) is 0 Å². The van der Waals surface area contributed by atoms with Gasteiger partial charge >= 0.3 is 0 Å². The molecule has 3 nitrogen and oxygen atoms in total. The molecule has 0 saturated heterocycles. The van der Waals surface area contributed by atoms with Gasteiger partial charge in [0, 0.05) is 11.8 Å². The van der Waals surface area contributed by atoms with E-state index in [1.807, 2.05) is 13.8 Å². The summed E-state index contributed by atoms with van der Waals surface area (Å²) in [6.45, 7) is 4.02. The average molecular weight is 142 g/mol. The first kappa shape index (κ1) is 9.01. The van der Waals surface area contributed by atoms with E-state index in [1.165, 1.54) is 6.08 Å². The molecule has 0 amide bonds. The predicted molar refractivity (Wildman–Crippen MR) is 42.1 cm³/mol. The number of allylic oxidation sites excluding steroid dienone is 1. The van der Waals surface area contributed by atoms with Gasteiger partial charge in [-0.25, -0.2) is 0 Å². The Morgan fingerprint density at radius 2 is 2.20 bits per heavy atom. The van der Waals surface area contributed by atoms with Crippen LogP contribution in [0.25, 0.3) is 0 Å². The minimum Gasteiger partial charge on any atom is -0.495 e. The van der Waals surface area contributed by atoms with Crippen molar-refractivity contribution in [1.29, 1.82) is 5.41 Å². The number of hydrogen-bond donors (Lipinski definition) is 3. The number of aliphatic hydroxyl groups is 1. The van der Waals surface area contributed by atoms with Gasteiger partial charge in [0.2, 0.25) is 0 Å². The lowest BCUT2D eigenvalue weighted by atomic mass is 10.1. The van der Waals surface area contributed by atoms with Crippen molar-refractivity contribution in [1.82, 2.24) is 0 Å². The Morgan fingerprint density at radius 1 is 1.70 bits per heavy atom. The molecule has 0 bridgehead atoms. The van der Waals surface area contributed by atoms with Gasteiger partial charge in [0.25, 0.3) is 0 Å². The molecule has 0 aromatic heterocycles. The molecule has 0 aliphatic rings. The SMILES string of the molecule is CC(C)CC(=N)/C=C(/N)O. The van der Waals surface area contributed by atoms with Crippen molar-refractivity contribution in [2.24, 2.45) is 11.7 Å². The molecule has 0 aromatic carbocycles. The summed E-state index contributed by atoms with van der Waals surface area (Å²) in [5.41, 5.74) is 5.32. The van der Waals surface area contributed by atoms with Crippen LogP contribution >= 0.6 is 0 Å². The molecule has 0 saturated carbocycles. The minimum absolute atomic E-state index is 0.286. The van der Waals surface area contributed by atoms with E-state index >= 15 is 0 Å². The van der Waals surface area contributed by atoms with Crippen LogP contribution in [0.1, 0.15) is 20.3 Å². The number of nitrogens with two attached hydrogens (primary N) is 1. The van der Waals surface area contributed by atoms with Crippen LogP contribution in [-0.2, 0) is 0 Å². The van der Waals surface area contributed by atoms with Crippen molar-refractivity contribution in [2.75, 3.05) is 0 Å². The van der Waals surface area contributed by atoms with Gasteiger partial charge in [0.1, 0.15) is 0 Å². The monoisotopic (exact) mass is 142 g/mol. The van der Waals surface area contributed by atoms with Crippen molar-refractivity contribution >= 4 is 5.71 Å². The summed E-state index contributed by atoms with van der Waals surface area (Å²) in [7, 11) is 0. The Morgan fingerprint density at radius 3 is 2.50 bits per heavy atom. The third-order valence-electron chi connectivity index (χ3n) is 0.950. The summed E-state index contributed by atoms with van der Waals surface area (Å²) in [6.07, 6.45) is 1.92. The Kier molecular flexibility index (Phi) is 3.54. The number of rotatable bonds is 3. The van der Waals surface area contributed by atoms with Gasteiger partial charge in [-0.05, 0) is 12.3 Å². The number of aliphatic hydroxyl groups excluding tert-OH is 1. The number of nitrogens with one attached hydrogen (secondary N) is 1. The van der Waals surface area contributed by atoms with Crippen molar-refractivity contribution in [2.45, 2.75) is 20.3 Å². The maximum absolute atomic E-state index is 8.53. The van der Waals surface area contributed by atoms with Crippen molar-refractivity contribution in [3.8, 4) is 0 Å². The molecule has 0 aliphatic heterocycles. The Labute approximate surface area is 61.1 Å². The molecule has 0 aromatic rings. The molecule has 3 heteroatoms. The highest BCUT2D eigenvalue weighted by molar-refractivity contribution is 5.92. The summed E-state index contributed by atoms with van der Waals surface area (Å²) in [6, 6.07) is 0. The molecule has 0 rings (SSSR count). The Bertz CT molecular complexity index is 146. The van der Waals surface area contributed by atoms with Gasteiger partial charge in [0.05, 0.1) is 0 Å². The highest BCUT2D eigenvalue weighted by atomic mass is 16.3. The third kappa shape index (κ3) is 5.15. The molecule has 0 aliphatic carbocycles. The predicted octanol–water partition coefficient (Wildman–Crippen LogP) is 1.41. The van der Waals surface area contributed by atoms with Crippen LogP contribution in [0.3, 0.4) is 0 Å². The second-order valence-corrected chi connectivity index (χ2v) is 2.69. The van der Waals surface area contributed by atoms with Crippen LogP contribution in [0.2, 0.25) is 0 Å². The second-order valence-electron chi connectivity index (χ2n) is 2.69. The molecule has 0 radical (unpaired) electrons. The molecule has 0 heterocycles. The molecule has 0 fully saturated rings. The van der Waals surface area contributed by atoms with Crippen LogP contribution in [0.5, 0.6) is 0 Å². The third-order valence-corrected chi connectivity index (χ3v) is 0.950. The largest absolute Gasteiger partial charge is 0.495 e. The molecular formula is C7H14N2O. The van der Waals surface area contributed by atoms with E-state index in [0.717, 1.165) is 0 Å². The van der Waals surface area contributed by atoms with E-state index in [1.54, 1.807) is 0 Å². The Hall–Kier alpha value is -0.990. The zero-order chi connectivity index (χ0) is 8.15. The fourth-order valence-corrected chi connectivity index (χ4v) is 0.677. The first-order valence-corrected chi connectivity index (χ1v) is 3.26. The van der Waals surface area contributed by atoms with Crippen molar-refractivity contribution < 1.29 is 5.11 Å². The average Bonchev–Trinajstić information content (AvgIpc) is 1.58. The van der Waals surface area contributed by atoms with Crippen LogP contribution in [0.4, 0.5) is 0 Å². The van der Waals surface area contributed by atoms with Crippen LogP contribution < -0.4 is 5.73 Å². The molecule has 0 spiro atoms. The quantitative estimate of drug-likeness (QED) is 0.412. The Balaban J connectivity index is 3.76. The van der Waals surface area contributed by atoms with E-state index in [4.69, 9.17) is 16.2 Å². The highest BCUT2D eigenvalue weighted by Gasteiger charge is 1.97. The van der Waals surface area contributed by atoms with Crippen LogP contribution in [0, 0.1) is 11.3 Å². The molecule has 58 valence electrons. The van der Waals surface area contributed by atoms with E-state index in [2.05, 4.69) is 0 Å². The van der Waals surface area contributed by atoms with Gasteiger partial charge in [-0.15, -0.1) is 0 Å². The van der Waals surface area contributed by atoms with Gasteiger partial charge in [-0.1, -0.05) is 13.8 Å². The lowest BCUT2D eigenvalue weighted by molar-refractivity contribution is 0.406. The smallest absolute Gasteiger partial charge is 0.183 e. The van der Waals surface area contributed by atoms with E-state index < -0.39 is 0 Å². The zero-order valence-electron chi connectivity index (χ0n) is 6.39. The van der Waals surface area contributed by atoms with Crippen molar-refractivity contribution in [3.05, 3.63) is 12.0 Å². The van der Waals surface area contributed by atoms with E-state index in [-0.39, 0.29) is 5.88 Å². The normalized spacial score (nSPS) is 12.1. The molecule has 0 unspecified atom stereocenters. The summed E-state index contributed by atoms with van der Waals surface area (Å²) in [5, 5.41) is 15.8. The first-order valence-electron chi connectivity index (χ1n) is 3.26. The summed E-state index contributed by atoms with van der Waals surface area (Å²) >= 11 is 0. The second kappa shape index (κ2) is 3.93. The highest BCUT2D eigenvalue weighted by Crippen LogP contribution is 2.00. The first-order chi connectivity index (χ1) is 4.52. The van der Waals surface area contributed by atoms with E-state index in [0.29, 0.717) is 18.1 Å². The molecule has 10 heavy (non-hydrogen) atoms. The lowest BCUT2D eigenvalue weighted by Crippen LogP contribution is -2.03. The fourth-order valence-electron chi connectivity index (χ4n) is 0.677. The molecule has 0 atom stereocenters. The fraction of sp³-hybridized carbons (Fsp3) is 0.571. The standard InChI is InChI=1S/C7H14N2O/c1-5(2)3-6(8)4-7(9)10/h4-5,8,10H,3,9H2,1-2H3/b7-4-,8-6?. The summed E-state index contributed by atoms with van der Waals surface area (Å²) in [4.78, 5) is 0. The number of hydrogen-bond acceptors (Lipinski definition) is 3. The maximum Gasteiger partial charge on any atom is 0.183 e. The maximum atomic E-state index is 8.53. The van der Waals surface area contributed by atoms with Crippen LogP contribution in [-0.4, -0.2) is 10.8 Å². The zero-order valence-corrected chi connectivity index (χ0v) is 6.39. The molecular weight excluding hydrogens is 128 g/mol. The summed E-state index contributed by atoms with van der Waals surface area (Å²) in [5.74, 6) is 0.147. The van der Waals surface area contributed by atoms with Crippen LogP contribution in [0.15, 0.2) is 12.0 Å². The summed E-state index contributed by atoms with van der Waals surface area (Å²) < 4.78 is 0. The van der Waals surface area contributed by atoms with Crippen molar-refractivity contribution in [3.63, 3.8) is 0 Å². The lowest BCUT2D eigenvalue weighted by Gasteiger charge is -2.01. The van der Waals surface area contributed by atoms with Gasteiger partial charge in [-0.3, -0.25) is 0 Å². The molecule has 4 N–H and O–H groups in total. The van der Waals surface area contributed by atoms with Gasteiger partial charge in [0.15, 0.2) is 5.88 Å². The van der Waals surface area contributed by atoms with Gasteiger partial charge < -0.3 is 16.2 Å². The van der Waals surface area contributed by atoms with Gasteiger partial charge in [-0.2, -0.15) is 0 Å².